The number of hydrogen-bond acceptors (Lipinski definition) is 7. The molecule has 3 N–H and O–H groups in total. The van der Waals surface area contributed by atoms with Gasteiger partial charge in [0.05, 0.1) is 31.7 Å². The van der Waals surface area contributed by atoms with Crippen molar-refractivity contribution in [2.45, 2.75) is 70.8 Å². The smallest absolute Gasteiger partial charge is 0.409 e. The molecule has 1 aromatic carbocycles. The fraction of sp³-hybridized carbons (Fsp3) is 0.643. The maximum atomic E-state index is 13.7. The van der Waals surface area contributed by atoms with Crippen LogP contribution in [0.1, 0.15) is 57.2 Å². The molecule has 0 aromatic heterocycles. The maximum Gasteiger partial charge on any atom is 0.409 e. The number of piperazine rings is 1. The van der Waals surface area contributed by atoms with Crippen LogP contribution in [0.3, 0.4) is 0 Å². The molecule has 4 atom stereocenters. The highest BCUT2D eigenvalue weighted by molar-refractivity contribution is 5.90. The number of ether oxygens (including phenoxy) is 2. The number of methoxy groups -OCH3 is 1. The molecule has 1 unspecified atom stereocenters. The molecule has 1 fully saturated rings. The van der Waals surface area contributed by atoms with E-state index in [2.05, 4.69) is 22.0 Å². The second-order valence-corrected chi connectivity index (χ2v) is 10.5. The second kappa shape index (κ2) is 14.3. The Balaban J connectivity index is 1.77. The molecule has 4 amide bonds. The van der Waals surface area contributed by atoms with Gasteiger partial charge in [-0.2, -0.15) is 0 Å². The maximum absolute atomic E-state index is 13.7. The number of benzene rings is 1. The van der Waals surface area contributed by atoms with Gasteiger partial charge in [-0.15, -0.1) is 0 Å². The van der Waals surface area contributed by atoms with Crippen molar-refractivity contribution in [3.05, 3.63) is 35.4 Å². The van der Waals surface area contributed by atoms with E-state index in [4.69, 9.17) is 9.47 Å². The molecule has 11 heteroatoms. The lowest BCUT2D eigenvalue weighted by Crippen LogP contribution is -2.63. The van der Waals surface area contributed by atoms with Gasteiger partial charge in [0.2, 0.25) is 17.7 Å². The van der Waals surface area contributed by atoms with Crippen molar-refractivity contribution in [2.75, 3.05) is 40.4 Å². The van der Waals surface area contributed by atoms with Crippen molar-refractivity contribution in [2.24, 2.45) is 5.92 Å². The molecular formula is C28H43N5O6. The van der Waals surface area contributed by atoms with Crippen LogP contribution in [0.5, 0.6) is 0 Å². The number of amides is 4. The normalized spacial score (nSPS) is 20.6. The van der Waals surface area contributed by atoms with E-state index < -0.39 is 24.4 Å². The van der Waals surface area contributed by atoms with Gasteiger partial charge in [-0.25, -0.2) is 4.79 Å². The summed E-state index contributed by atoms with van der Waals surface area (Å²) in [5.41, 5.74) is 2.26. The summed E-state index contributed by atoms with van der Waals surface area (Å²) >= 11 is 0. The molecule has 1 aliphatic carbocycles. The summed E-state index contributed by atoms with van der Waals surface area (Å²) in [6.07, 6.45) is 1.22. The zero-order chi connectivity index (χ0) is 28.5. The van der Waals surface area contributed by atoms with E-state index in [0.717, 1.165) is 24.8 Å². The van der Waals surface area contributed by atoms with Crippen molar-refractivity contribution >= 4 is 23.8 Å². The second-order valence-electron chi connectivity index (χ2n) is 10.5. The largest absolute Gasteiger partial charge is 0.423 e. The Bertz CT molecular complexity index is 1020. The van der Waals surface area contributed by atoms with Gasteiger partial charge in [0.1, 0.15) is 6.04 Å². The molecule has 0 spiro atoms. The molecule has 216 valence electrons. The van der Waals surface area contributed by atoms with Crippen LogP contribution in [0.15, 0.2) is 24.3 Å². The number of fused-ring (bicyclic) bond motifs is 1. The molecule has 0 bridgehead atoms. The minimum atomic E-state index is -1.00. The van der Waals surface area contributed by atoms with Crippen LogP contribution in [0.2, 0.25) is 0 Å². The van der Waals surface area contributed by atoms with E-state index in [-0.39, 0.29) is 62.3 Å². The Morgan fingerprint density at radius 3 is 2.54 bits per heavy atom. The first kappa shape index (κ1) is 30.4. The van der Waals surface area contributed by atoms with E-state index in [1.54, 1.807) is 18.9 Å². The van der Waals surface area contributed by atoms with Crippen LogP contribution in [-0.4, -0.2) is 92.3 Å². The number of nitrogens with zero attached hydrogens (tertiary/aromatic N) is 2. The molecule has 1 saturated heterocycles. The predicted octanol–water partition coefficient (Wildman–Crippen LogP) is 1.57. The number of alkyl carbamates (subject to hydrolysis) is 1. The Morgan fingerprint density at radius 1 is 1.10 bits per heavy atom. The number of carbonyl (C=O) groups excluding carboxylic acids is 4. The molecule has 1 heterocycles. The molecule has 39 heavy (non-hydrogen) atoms. The van der Waals surface area contributed by atoms with Gasteiger partial charge in [-0.1, -0.05) is 38.1 Å². The van der Waals surface area contributed by atoms with Crippen LogP contribution >= 0.6 is 0 Å². The van der Waals surface area contributed by atoms with E-state index in [1.807, 2.05) is 32.0 Å². The highest BCUT2D eigenvalue weighted by atomic mass is 16.6. The Labute approximate surface area is 230 Å². The molecule has 0 radical (unpaired) electrons. The Hall–Kier alpha value is -3.18. The van der Waals surface area contributed by atoms with Crippen LogP contribution in [-0.2, 0) is 30.3 Å². The summed E-state index contributed by atoms with van der Waals surface area (Å²) in [6, 6.07) is 6.52. The van der Waals surface area contributed by atoms with Crippen LogP contribution in [0.25, 0.3) is 0 Å². The number of likely N-dealkylation sites (N-methyl/N-ethyl adjacent to an activating group) is 1. The summed E-state index contributed by atoms with van der Waals surface area (Å²) in [5.74, 6) is -1.01. The van der Waals surface area contributed by atoms with Gasteiger partial charge in [0.15, 0.2) is 6.23 Å². The summed E-state index contributed by atoms with van der Waals surface area (Å²) in [4.78, 5) is 55.3. The van der Waals surface area contributed by atoms with Gasteiger partial charge >= 0.3 is 6.09 Å². The molecule has 1 aromatic rings. The van der Waals surface area contributed by atoms with E-state index >= 15 is 0 Å². The first-order valence-corrected chi connectivity index (χ1v) is 13.8. The third-order valence-corrected chi connectivity index (χ3v) is 7.45. The SMILES string of the molecule is CN[C@@H](C)C(=O)N[C@H](C(=O)N1CCN(C(=O)CCOC)C[C@@H]1OC(=O)NC1CCCc2ccccc21)C(C)C. The first-order chi connectivity index (χ1) is 18.7. The predicted molar refractivity (Wildman–Crippen MR) is 146 cm³/mol. The van der Waals surface area contributed by atoms with E-state index in [1.165, 1.54) is 17.6 Å². The average molecular weight is 546 g/mol. The topological polar surface area (TPSA) is 129 Å². The number of rotatable bonds is 10. The highest BCUT2D eigenvalue weighted by Crippen LogP contribution is 2.29. The molecule has 11 nitrogen and oxygen atoms in total. The minimum Gasteiger partial charge on any atom is -0.423 e. The number of carbonyl (C=O) groups is 4. The van der Waals surface area contributed by atoms with Crippen molar-refractivity contribution in [1.82, 2.24) is 25.8 Å². The van der Waals surface area contributed by atoms with Gasteiger partial charge in [-0.3, -0.25) is 14.4 Å². The van der Waals surface area contributed by atoms with Gasteiger partial charge in [-0.05, 0) is 50.3 Å². The lowest BCUT2D eigenvalue weighted by molar-refractivity contribution is -0.158. The van der Waals surface area contributed by atoms with E-state index in [0.29, 0.717) is 0 Å². The fourth-order valence-corrected chi connectivity index (χ4v) is 4.98. The van der Waals surface area contributed by atoms with Crippen molar-refractivity contribution in [1.29, 1.82) is 0 Å². The number of aryl methyl sites for hydroxylation is 1. The van der Waals surface area contributed by atoms with Gasteiger partial charge in [0, 0.05) is 20.2 Å². The lowest BCUT2D eigenvalue weighted by Gasteiger charge is -2.42. The zero-order valence-electron chi connectivity index (χ0n) is 23.7. The third-order valence-electron chi connectivity index (χ3n) is 7.45. The van der Waals surface area contributed by atoms with Crippen LogP contribution in [0.4, 0.5) is 4.79 Å². The Kier molecular flexibility index (Phi) is 11.1. The zero-order valence-corrected chi connectivity index (χ0v) is 23.7. The van der Waals surface area contributed by atoms with Gasteiger partial charge in [0.25, 0.3) is 0 Å². The quantitative estimate of drug-likeness (QED) is 0.407. The Morgan fingerprint density at radius 2 is 1.85 bits per heavy atom. The van der Waals surface area contributed by atoms with Crippen molar-refractivity contribution in [3.8, 4) is 0 Å². The summed E-state index contributed by atoms with van der Waals surface area (Å²) in [7, 11) is 3.20. The molecule has 1 aliphatic heterocycles. The highest BCUT2D eigenvalue weighted by Gasteiger charge is 2.39. The molecular weight excluding hydrogens is 502 g/mol. The monoisotopic (exact) mass is 545 g/mol. The first-order valence-electron chi connectivity index (χ1n) is 13.8. The fourth-order valence-electron chi connectivity index (χ4n) is 4.98. The summed E-state index contributed by atoms with van der Waals surface area (Å²) < 4.78 is 10.9. The minimum absolute atomic E-state index is 0.0364. The number of nitrogens with one attached hydrogen (secondary N) is 3. The third kappa shape index (κ3) is 7.92. The molecule has 3 rings (SSSR count). The standard InChI is InChI=1S/C28H43N5O6/c1-18(2)25(31-26(35)19(3)29-4)27(36)33-15-14-32(23(34)13-16-38-5)17-24(33)39-28(37)30-22-12-8-10-20-9-6-7-11-21(20)22/h6-7,9,11,18-19,22,24-25,29H,8,10,12-17H2,1-5H3,(H,30,37)(H,31,35)/t19-,22?,24-,25-/m0/s1. The summed E-state index contributed by atoms with van der Waals surface area (Å²) in [5, 5.41) is 8.67. The van der Waals surface area contributed by atoms with Crippen molar-refractivity contribution in [3.63, 3.8) is 0 Å². The average Bonchev–Trinajstić information content (AvgIpc) is 2.93. The van der Waals surface area contributed by atoms with Crippen molar-refractivity contribution < 1.29 is 28.7 Å². The van der Waals surface area contributed by atoms with Gasteiger partial charge < -0.3 is 35.2 Å². The molecule has 0 saturated carbocycles. The summed E-state index contributed by atoms with van der Waals surface area (Å²) in [6.45, 7) is 6.17. The van der Waals surface area contributed by atoms with Crippen LogP contribution in [0, 0.1) is 5.92 Å². The number of hydrogen-bond donors (Lipinski definition) is 3. The van der Waals surface area contributed by atoms with E-state index in [9.17, 15) is 19.2 Å². The molecule has 2 aliphatic rings. The van der Waals surface area contributed by atoms with Crippen LogP contribution < -0.4 is 16.0 Å². The lowest BCUT2D eigenvalue weighted by atomic mass is 9.88.